The molecular weight excluding hydrogens is 435 g/mol. The third-order valence-corrected chi connectivity index (χ3v) is 6.00. The predicted octanol–water partition coefficient (Wildman–Crippen LogP) is 5.38. The van der Waals surface area contributed by atoms with Crippen molar-refractivity contribution in [2.24, 2.45) is 0 Å². The van der Waals surface area contributed by atoms with Gasteiger partial charge in [-0.1, -0.05) is 41.4 Å². The van der Waals surface area contributed by atoms with Gasteiger partial charge < -0.3 is 8.92 Å². The molecule has 1 heterocycles. The lowest BCUT2D eigenvalue weighted by atomic mass is 10.1. The van der Waals surface area contributed by atoms with E-state index in [1.807, 2.05) is 0 Å². The molecule has 8 heteroatoms. The summed E-state index contributed by atoms with van der Waals surface area (Å²) in [6, 6.07) is 16.8. The second-order valence-electron chi connectivity index (χ2n) is 6.11. The van der Waals surface area contributed by atoms with E-state index in [9.17, 15) is 13.2 Å². The number of fused-ring (bicyclic) bond motifs is 1. The highest BCUT2D eigenvalue weighted by atomic mass is 35.5. The number of carbonyl (C=O) groups excluding carboxylic acids is 1. The molecule has 0 bridgehead atoms. The van der Waals surface area contributed by atoms with Crippen LogP contribution < -0.4 is 8.92 Å². The van der Waals surface area contributed by atoms with Gasteiger partial charge in [0.25, 0.3) is 0 Å². The van der Waals surface area contributed by atoms with E-state index in [2.05, 4.69) is 0 Å². The maximum absolute atomic E-state index is 12.6. The van der Waals surface area contributed by atoms with Crippen molar-refractivity contribution in [3.05, 3.63) is 93.7 Å². The van der Waals surface area contributed by atoms with Crippen LogP contribution in [0.25, 0.3) is 6.08 Å². The fourth-order valence-corrected chi connectivity index (χ4v) is 3.97. The molecule has 5 nitrogen and oxygen atoms in total. The van der Waals surface area contributed by atoms with Gasteiger partial charge in [0.15, 0.2) is 5.76 Å². The van der Waals surface area contributed by atoms with E-state index in [0.29, 0.717) is 21.2 Å². The fourth-order valence-electron chi connectivity index (χ4n) is 2.73. The minimum atomic E-state index is -4.06. The van der Waals surface area contributed by atoms with Crippen molar-refractivity contribution < 1.29 is 22.1 Å². The molecule has 0 unspecified atom stereocenters. The highest BCUT2D eigenvalue weighted by Gasteiger charge is 2.29. The Bertz CT molecular complexity index is 1250. The van der Waals surface area contributed by atoms with Crippen LogP contribution in [0.1, 0.15) is 15.9 Å². The van der Waals surface area contributed by atoms with E-state index in [1.54, 1.807) is 24.3 Å². The molecule has 0 atom stereocenters. The summed E-state index contributed by atoms with van der Waals surface area (Å²) in [5, 5.41) is 0.886. The zero-order chi connectivity index (χ0) is 20.6. The molecule has 3 aromatic carbocycles. The Morgan fingerprint density at radius 2 is 1.66 bits per heavy atom. The van der Waals surface area contributed by atoms with Gasteiger partial charge in [-0.15, -0.1) is 0 Å². The lowest BCUT2D eigenvalue weighted by Crippen LogP contribution is -2.09. The predicted molar refractivity (Wildman–Crippen MR) is 110 cm³/mol. The van der Waals surface area contributed by atoms with E-state index in [-0.39, 0.29) is 27.9 Å². The number of ketones is 1. The smallest absolute Gasteiger partial charge is 0.339 e. The number of benzene rings is 3. The summed E-state index contributed by atoms with van der Waals surface area (Å²) < 4.78 is 35.6. The molecule has 0 aliphatic carbocycles. The van der Waals surface area contributed by atoms with Gasteiger partial charge in [-0.3, -0.25) is 4.79 Å². The summed E-state index contributed by atoms with van der Waals surface area (Å²) in [5.74, 6) is -0.0135. The molecule has 29 heavy (non-hydrogen) atoms. The number of hydrogen-bond acceptors (Lipinski definition) is 5. The molecular formula is C21H12Cl2O5S. The molecule has 1 aliphatic heterocycles. The van der Waals surface area contributed by atoms with Crippen molar-refractivity contribution >= 4 is 45.2 Å². The average Bonchev–Trinajstić information content (AvgIpc) is 2.98. The number of allylic oxidation sites excluding steroid dienone is 1. The van der Waals surface area contributed by atoms with Gasteiger partial charge >= 0.3 is 10.1 Å². The standard InChI is InChI=1S/C21H12Cl2O5S/c22-14-5-8-16(9-6-14)29(25,26)28-15-7-10-17-19(12-15)27-20(21(17)24)11-13-3-1-2-4-18(13)23/h1-12H. The molecule has 0 fully saturated rings. The summed E-state index contributed by atoms with van der Waals surface area (Å²) in [6.45, 7) is 0. The third-order valence-electron chi connectivity index (χ3n) is 4.14. The van der Waals surface area contributed by atoms with Gasteiger partial charge in [0, 0.05) is 16.1 Å². The zero-order valence-electron chi connectivity index (χ0n) is 14.6. The Morgan fingerprint density at radius 1 is 0.931 bits per heavy atom. The van der Waals surface area contributed by atoms with Crippen LogP contribution in [0.4, 0.5) is 0 Å². The normalized spacial score (nSPS) is 14.6. The van der Waals surface area contributed by atoms with Crippen LogP contribution in [0.15, 0.2) is 77.4 Å². The number of Topliss-reactive ketones (excluding diaryl/α,β-unsaturated/α-hetero) is 1. The molecule has 1 aliphatic rings. The Labute approximate surface area is 177 Å². The molecule has 4 rings (SSSR count). The van der Waals surface area contributed by atoms with Crippen LogP contribution in [0.2, 0.25) is 10.0 Å². The van der Waals surface area contributed by atoms with Crippen molar-refractivity contribution in [2.75, 3.05) is 0 Å². The van der Waals surface area contributed by atoms with E-state index >= 15 is 0 Å². The van der Waals surface area contributed by atoms with Crippen LogP contribution >= 0.6 is 23.2 Å². The molecule has 0 saturated heterocycles. The highest BCUT2D eigenvalue weighted by molar-refractivity contribution is 7.87. The Kier molecular flexibility index (Phi) is 5.08. The number of rotatable bonds is 4. The van der Waals surface area contributed by atoms with Crippen LogP contribution in [0.3, 0.4) is 0 Å². The number of halogens is 2. The van der Waals surface area contributed by atoms with Gasteiger partial charge in [-0.2, -0.15) is 8.42 Å². The van der Waals surface area contributed by atoms with Crippen LogP contribution in [-0.2, 0) is 10.1 Å². The zero-order valence-corrected chi connectivity index (χ0v) is 17.0. The first-order valence-corrected chi connectivity index (χ1v) is 10.5. The Hall–Kier alpha value is -2.80. The Balaban J connectivity index is 1.61. The summed E-state index contributed by atoms with van der Waals surface area (Å²) >= 11 is 11.9. The fraction of sp³-hybridized carbons (Fsp3) is 0. The van der Waals surface area contributed by atoms with Crippen molar-refractivity contribution in [3.8, 4) is 11.5 Å². The van der Waals surface area contributed by atoms with Crippen LogP contribution in [0.5, 0.6) is 11.5 Å². The van der Waals surface area contributed by atoms with Gasteiger partial charge in [-0.25, -0.2) is 0 Å². The molecule has 0 spiro atoms. The summed E-state index contributed by atoms with van der Waals surface area (Å²) in [6.07, 6.45) is 1.54. The average molecular weight is 447 g/mol. The topological polar surface area (TPSA) is 69.7 Å². The Morgan fingerprint density at radius 3 is 2.38 bits per heavy atom. The molecule has 0 radical (unpaired) electrons. The summed E-state index contributed by atoms with van der Waals surface area (Å²) in [5.41, 5.74) is 0.937. The molecule has 146 valence electrons. The lowest BCUT2D eigenvalue weighted by molar-refractivity contribution is 0.101. The molecule has 0 aromatic heterocycles. The van der Waals surface area contributed by atoms with Crippen molar-refractivity contribution in [3.63, 3.8) is 0 Å². The monoisotopic (exact) mass is 446 g/mol. The first-order chi connectivity index (χ1) is 13.8. The largest absolute Gasteiger partial charge is 0.452 e. The second-order valence-corrected chi connectivity index (χ2v) is 8.50. The van der Waals surface area contributed by atoms with Crippen LogP contribution in [-0.4, -0.2) is 14.2 Å². The summed E-state index contributed by atoms with van der Waals surface area (Å²) in [7, 11) is -4.06. The van der Waals surface area contributed by atoms with Gasteiger partial charge in [0.05, 0.1) is 5.56 Å². The van der Waals surface area contributed by atoms with Crippen molar-refractivity contribution in [1.82, 2.24) is 0 Å². The third kappa shape index (κ3) is 4.00. The molecule has 0 saturated carbocycles. The van der Waals surface area contributed by atoms with Gasteiger partial charge in [0.2, 0.25) is 5.78 Å². The minimum absolute atomic E-state index is 0.0190. The van der Waals surface area contributed by atoms with Gasteiger partial charge in [0.1, 0.15) is 16.4 Å². The summed E-state index contributed by atoms with van der Waals surface area (Å²) in [4.78, 5) is 12.5. The van der Waals surface area contributed by atoms with E-state index in [0.717, 1.165) is 0 Å². The SMILES string of the molecule is O=C1C(=Cc2ccccc2Cl)Oc2cc(OS(=O)(=O)c3ccc(Cl)cc3)ccc21. The second kappa shape index (κ2) is 7.55. The highest BCUT2D eigenvalue weighted by Crippen LogP contribution is 2.36. The van der Waals surface area contributed by atoms with Gasteiger partial charge in [-0.05, 0) is 54.1 Å². The molecule has 0 amide bonds. The molecule has 3 aromatic rings. The quantitative estimate of drug-likeness (QED) is 0.397. The van der Waals surface area contributed by atoms with E-state index in [4.69, 9.17) is 32.1 Å². The first kappa shape index (κ1) is 19.5. The number of ether oxygens (including phenoxy) is 1. The van der Waals surface area contributed by atoms with E-state index in [1.165, 1.54) is 48.5 Å². The van der Waals surface area contributed by atoms with Crippen LogP contribution in [0, 0.1) is 0 Å². The molecule has 0 N–H and O–H groups in total. The minimum Gasteiger partial charge on any atom is -0.452 e. The lowest BCUT2D eigenvalue weighted by Gasteiger charge is -2.08. The maximum atomic E-state index is 12.6. The van der Waals surface area contributed by atoms with Crippen molar-refractivity contribution in [2.45, 2.75) is 4.90 Å². The maximum Gasteiger partial charge on any atom is 0.339 e. The number of hydrogen-bond donors (Lipinski definition) is 0. The van der Waals surface area contributed by atoms with E-state index < -0.39 is 10.1 Å². The number of carbonyl (C=O) groups is 1. The first-order valence-electron chi connectivity index (χ1n) is 8.36. The van der Waals surface area contributed by atoms with Crippen molar-refractivity contribution in [1.29, 1.82) is 0 Å².